The summed E-state index contributed by atoms with van der Waals surface area (Å²) in [6.07, 6.45) is 0. The molecule has 4 heteroatoms. The topological polar surface area (TPSA) is 29.1 Å². The van der Waals surface area contributed by atoms with E-state index in [1.165, 1.54) is 0 Å². The molecule has 0 radical (unpaired) electrons. The second kappa shape index (κ2) is 3.89. The Morgan fingerprint density at radius 1 is 1.36 bits per heavy atom. The van der Waals surface area contributed by atoms with Gasteiger partial charge in [0.15, 0.2) is 5.78 Å². The van der Waals surface area contributed by atoms with Gasteiger partial charge in [0.25, 0.3) is 0 Å². The molecule has 0 atom stereocenters. The highest BCUT2D eigenvalue weighted by Crippen LogP contribution is 2.27. The van der Waals surface area contributed by atoms with Crippen molar-refractivity contribution in [3.05, 3.63) is 33.8 Å². The van der Waals surface area contributed by atoms with E-state index in [2.05, 4.69) is 5.32 Å². The molecule has 0 unspecified atom stereocenters. The molecule has 0 bridgehead atoms. The van der Waals surface area contributed by atoms with Crippen molar-refractivity contribution in [1.82, 2.24) is 5.32 Å². The standard InChI is InChI=1S/C10H9Cl2NO/c11-8-3-1-2-7(9(8)12)10(14)6-4-13-5-6/h1-3,6,13H,4-5H2. The fourth-order valence-electron chi connectivity index (χ4n) is 1.39. The van der Waals surface area contributed by atoms with Crippen LogP contribution in [-0.4, -0.2) is 18.9 Å². The van der Waals surface area contributed by atoms with Crippen molar-refractivity contribution >= 4 is 29.0 Å². The van der Waals surface area contributed by atoms with Crippen LogP contribution in [0.25, 0.3) is 0 Å². The molecule has 14 heavy (non-hydrogen) atoms. The Balaban J connectivity index is 2.31. The van der Waals surface area contributed by atoms with Crippen LogP contribution in [0.4, 0.5) is 0 Å². The Morgan fingerprint density at radius 3 is 2.64 bits per heavy atom. The minimum atomic E-state index is 0.0611. The van der Waals surface area contributed by atoms with Gasteiger partial charge >= 0.3 is 0 Å². The van der Waals surface area contributed by atoms with E-state index in [-0.39, 0.29) is 11.7 Å². The van der Waals surface area contributed by atoms with E-state index < -0.39 is 0 Å². The second-order valence-electron chi connectivity index (χ2n) is 3.32. The van der Waals surface area contributed by atoms with Gasteiger partial charge in [-0.25, -0.2) is 0 Å². The highest BCUT2D eigenvalue weighted by atomic mass is 35.5. The Morgan fingerprint density at radius 2 is 2.07 bits per heavy atom. The molecule has 1 aliphatic heterocycles. The van der Waals surface area contributed by atoms with Crippen molar-refractivity contribution in [3.8, 4) is 0 Å². The highest BCUT2D eigenvalue weighted by Gasteiger charge is 2.27. The van der Waals surface area contributed by atoms with Gasteiger partial charge < -0.3 is 5.32 Å². The summed E-state index contributed by atoms with van der Waals surface area (Å²) < 4.78 is 0. The lowest BCUT2D eigenvalue weighted by molar-refractivity contribution is 0.0878. The summed E-state index contributed by atoms with van der Waals surface area (Å²) in [6.45, 7) is 1.48. The first kappa shape index (κ1) is 9.97. The molecule has 2 rings (SSSR count). The van der Waals surface area contributed by atoms with Gasteiger partial charge in [0.1, 0.15) is 0 Å². The smallest absolute Gasteiger partial charge is 0.170 e. The van der Waals surface area contributed by atoms with Gasteiger partial charge in [-0.1, -0.05) is 29.3 Å². The van der Waals surface area contributed by atoms with Crippen LogP contribution in [0.1, 0.15) is 10.4 Å². The second-order valence-corrected chi connectivity index (χ2v) is 4.11. The Labute approximate surface area is 92.2 Å². The van der Waals surface area contributed by atoms with Crippen LogP contribution in [0.3, 0.4) is 0 Å². The maximum Gasteiger partial charge on any atom is 0.170 e. The molecule has 0 spiro atoms. The summed E-state index contributed by atoms with van der Waals surface area (Å²) in [5, 5.41) is 3.85. The maximum atomic E-state index is 11.8. The Hall–Kier alpha value is -0.570. The van der Waals surface area contributed by atoms with E-state index in [0.717, 1.165) is 13.1 Å². The number of carbonyl (C=O) groups is 1. The van der Waals surface area contributed by atoms with Crippen LogP contribution >= 0.6 is 23.2 Å². The highest BCUT2D eigenvalue weighted by molar-refractivity contribution is 6.44. The van der Waals surface area contributed by atoms with Crippen molar-refractivity contribution in [2.24, 2.45) is 5.92 Å². The molecule has 0 amide bonds. The molecular formula is C10H9Cl2NO. The quantitative estimate of drug-likeness (QED) is 0.790. The van der Waals surface area contributed by atoms with Crippen LogP contribution in [0.5, 0.6) is 0 Å². The molecule has 1 aliphatic rings. The number of benzene rings is 1. The number of rotatable bonds is 2. The predicted octanol–water partition coefficient (Wildman–Crippen LogP) is 2.40. The molecule has 1 saturated heterocycles. The van der Waals surface area contributed by atoms with Crippen LogP contribution in [0, 0.1) is 5.92 Å². The molecule has 1 aromatic carbocycles. The average molecular weight is 230 g/mol. The molecular weight excluding hydrogens is 221 g/mol. The number of carbonyl (C=O) groups excluding carboxylic acids is 1. The SMILES string of the molecule is O=C(c1cccc(Cl)c1Cl)C1CNC1. The van der Waals surface area contributed by atoms with Crippen molar-refractivity contribution < 1.29 is 4.79 Å². The lowest BCUT2D eigenvalue weighted by atomic mass is 9.93. The van der Waals surface area contributed by atoms with Crippen molar-refractivity contribution in [2.75, 3.05) is 13.1 Å². The predicted molar refractivity (Wildman–Crippen MR) is 57.2 cm³/mol. The van der Waals surface area contributed by atoms with Gasteiger partial charge in [-0.15, -0.1) is 0 Å². The maximum absolute atomic E-state index is 11.8. The summed E-state index contributed by atoms with van der Waals surface area (Å²) in [5.41, 5.74) is 0.533. The number of nitrogens with one attached hydrogen (secondary N) is 1. The number of halogens is 2. The van der Waals surface area contributed by atoms with E-state index in [1.54, 1.807) is 18.2 Å². The Kier molecular flexibility index (Phi) is 2.77. The zero-order valence-electron chi connectivity index (χ0n) is 7.39. The van der Waals surface area contributed by atoms with E-state index in [9.17, 15) is 4.79 Å². The van der Waals surface area contributed by atoms with Gasteiger partial charge in [0.05, 0.1) is 10.0 Å². The third kappa shape index (κ3) is 1.65. The summed E-state index contributed by atoms with van der Waals surface area (Å²) in [4.78, 5) is 11.8. The first-order valence-electron chi connectivity index (χ1n) is 4.39. The zero-order valence-corrected chi connectivity index (χ0v) is 8.90. The summed E-state index contributed by atoms with van der Waals surface area (Å²) in [6, 6.07) is 5.14. The molecule has 1 N–H and O–H groups in total. The average Bonchev–Trinajstić information content (AvgIpc) is 2.06. The molecule has 74 valence electrons. The summed E-state index contributed by atoms with van der Waals surface area (Å²) in [7, 11) is 0. The lowest BCUT2D eigenvalue weighted by Crippen LogP contribution is -2.46. The molecule has 2 nitrogen and oxygen atoms in total. The number of hydrogen-bond donors (Lipinski definition) is 1. The van der Waals surface area contributed by atoms with Crippen molar-refractivity contribution in [1.29, 1.82) is 0 Å². The lowest BCUT2D eigenvalue weighted by Gasteiger charge is -2.25. The van der Waals surface area contributed by atoms with Crippen LogP contribution in [0.15, 0.2) is 18.2 Å². The number of ketones is 1. The minimum absolute atomic E-state index is 0.0611. The fourth-order valence-corrected chi connectivity index (χ4v) is 1.78. The number of Topliss-reactive ketones (excluding diaryl/α,β-unsaturated/α-hetero) is 1. The number of hydrogen-bond acceptors (Lipinski definition) is 2. The fraction of sp³-hybridized carbons (Fsp3) is 0.300. The molecule has 1 aromatic rings. The van der Waals surface area contributed by atoms with Gasteiger partial charge in [-0.2, -0.15) is 0 Å². The van der Waals surface area contributed by atoms with Crippen LogP contribution in [-0.2, 0) is 0 Å². The van der Waals surface area contributed by atoms with E-state index >= 15 is 0 Å². The van der Waals surface area contributed by atoms with Crippen molar-refractivity contribution in [3.63, 3.8) is 0 Å². The molecule has 0 saturated carbocycles. The normalized spacial score (nSPS) is 16.4. The van der Waals surface area contributed by atoms with Gasteiger partial charge in [-0.05, 0) is 12.1 Å². The van der Waals surface area contributed by atoms with Crippen LogP contribution in [0.2, 0.25) is 10.0 Å². The molecule has 0 aliphatic carbocycles. The van der Waals surface area contributed by atoms with E-state index in [0.29, 0.717) is 15.6 Å². The third-order valence-electron chi connectivity index (χ3n) is 2.37. The van der Waals surface area contributed by atoms with Gasteiger partial charge in [0.2, 0.25) is 0 Å². The van der Waals surface area contributed by atoms with Crippen LogP contribution < -0.4 is 5.32 Å². The first-order valence-corrected chi connectivity index (χ1v) is 5.14. The Bertz CT molecular complexity index is 374. The zero-order chi connectivity index (χ0) is 10.1. The summed E-state index contributed by atoms with van der Waals surface area (Å²) >= 11 is 11.8. The van der Waals surface area contributed by atoms with E-state index in [4.69, 9.17) is 23.2 Å². The first-order chi connectivity index (χ1) is 6.70. The van der Waals surface area contributed by atoms with Crippen molar-refractivity contribution in [2.45, 2.75) is 0 Å². The molecule has 1 heterocycles. The monoisotopic (exact) mass is 229 g/mol. The van der Waals surface area contributed by atoms with Gasteiger partial charge in [-0.3, -0.25) is 4.79 Å². The summed E-state index contributed by atoms with van der Waals surface area (Å²) in [5.74, 6) is 0.141. The van der Waals surface area contributed by atoms with E-state index in [1.807, 2.05) is 0 Å². The molecule has 1 fully saturated rings. The van der Waals surface area contributed by atoms with Gasteiger partial charge in [0, 0.05) is 24.6 Å². The minimum Gasteiger partial charge on any atom is -0.315 e. The largest absolute Gasteiger partial charge is 0.315 e. The third-order valence-corrected chi connectivity index (χ3v) is 3.19. The molecule has 0 aromatic heterocycles.